The van der Waals surface area contributed by atoms with Crippen LogP contribution in [0.25, 0.3) is 0 Å². The number of aliphatic hydroxyl groups excluding tert-OH is 8. The summed E-state index contributed by atoms with van der Waals surface area (Å²) in [4.78, 5) is 37.2. The summed E-state index contributed by atoms with van der Waals surface area (Å²) in [5.41, 5.74) is 4.33. The van der Waals surface area contributed by atoms with Gasteiger partial charge < -0.3 is 70.9 Å². The predicted octanol–water partition coefficient (Wildman–Crippen LogP) is -7.36. The zero-order valence-electron chi connectivity index (χ0n) is 22.2. The average Bonchev–Trinajstić information content (AvgIpc) is 3.23. The lowest BCUT2D eigenvalue weighted by atomic mass is 9.91. The highest BCUT2D eigenvalue weighted by atomic mass is 16.8. The van der Waals surface area contributed by atoms with Gasteiger partial charge in [0.1, 0.15) is 54.9 Å². The second-order valence-corrected chi connectivity index (χ2v) is 10.5. The van der Waals surface area contributed by atoms with Gasteiger partial charge in [0.25, 0.3) is 5.56 Å². The molecule has 3 aliphatic rings. The number of aliphatic hydroxyl groups is 8. The van der Waals surface area contributed by atoms with Crippen molar-refractivity contribution in [3.8, 4) is 0 Å². The first-order valence-electron chi connectivity index (χ1n) is 13.1. The van der Waals surface area contributed by atoms with Crippen molar-refractivity contribution in [2.24, 2.45) is 5.73 Å². The molecule has 0 saturated carbocycles. The van der Waals surface area contributed by atoms with Gasteiger partial charge in [0.2, 0.25) is 5.91 Å². The zero-order chi connectivity index (χ0) is 31.0. The normalized spacial score (nSPS) is 43.2. The Labute approximate surface area is 236 Å². The van der Waals surface area contributed by atoms with Crippen LogP contribution in [0.15, 0.2) is 21.9 Å². The van der Waals surface area contributed by atoms with Crippen LogP contribution in [0.1, 0.15) is 19.6 Å². The quantitative estimate of drug-likeness (QED) is 0.131. The fourth-order valence-electron chi connectivity index (χ4n) is 5.22. The van der Waals surface area contributed by atoms with E-state index in [1.807, 2.05) is 4.98 Å². The van der Waals surface area contributed by atoms with Crippen LogP contribution in [0.2, 0.25) is 0 Å². The van der Waals surface area contributed by atoms with Gasteiger partial charge in [-0.05, 0) is 0 Å². The van der Waals surface area contributed by atoms with Crippen molar-refractivity contribution in [3.05, 3.63) is 33.1 Å². The highest BCUT2D eigenvalue weighted by Gasteiger charge is 2.52. The molecule has 0 aromatic carbocycles. The lowest BCUT2D eigenvalue weighted by molar-refractivity contribution is -0.345. The van der Waals surface area contributed by atoms with Gasteiger partial charge in [-0.3, -0.25) is 19.1 Å². The molecule has 3 fully saturated rings. The summed E-state index contributed by atoms with van der Waals surface area (Å²) in [6.45, 7) is 0.392. The summed E-state index contributed by atoms with van der Waals surface area (Å²) >= 11 is 0. The van der Waals surface area contributed by atoms with Crippen molar-refractivity contribution < 1.29 is 64.6 Å². The molecule has 238 valence electrons. The van der Waals surface area contributed by atoms with Crippen molar-refractivity contribution in [1.29, 1.82) is 0 Å². The maximum Gasteiger partial charge on any atom is 0.330 e. The Bertz CT molecular complexity index is 1200. The smallest absolute Gasteiger partial charge is 0.330 e. The van der Waals surface area contributed by atoms with Gasteiger partial charge in [-0.2, -0.15) is 0 Å². The molecule has 0 bridgehead atoms. The van der Waals surface area contributed by atoms with Crippen LogP contribution in [0.5, 0.6) is 0 Å². The lowest BCUT2D eigenvalue weighted by Crippen LogP contribution is -2.68. The number of carbonyl (C=O) groups excluding carboxylic acids is 1. The maximum absolute atomic E-state index is 12.1. The predicted molar refractivity (Wildman–Crippen MR) is 133 cm³/mol. The fraction of sp³-hybridized carbons (Fsp3) is 0.783. The molecule has 7 unspecified atom stereocenters. The summed E-state index contributed by atoms with van der Waals surface area (Å²) in [6, 6.07) is -1.82. The first kappa shape index (κ1) is 32.5. The molecule has 19 heteroatoms. The number of nitrogens with two attached hydrogens (primary N) is 1. The monoisotopic (exact) mass is 608 g/mol. The third kappa shape index (κ3) is 6.43. The van der Waals surface area contributed by atoms with E-state index in [2.05, 4.69) is 5.32 Å². The number of aromatic amines is 1. The minimum absolute atomic E-state index is 0.534. The molecule has 0 spiro atoms. The van der Waals surface area contributed by atoms with Crippen LogP contribution in [0.3, 0.4) is 0 Å². The highest BCUT2D eigenvalue weighted by molar-refractivity contribution is 5.73. The van der Waals surface area contributed by atoms with Crippen molar-refractivity contribution in [1.82, 2.24) is 14.9 Å². The number of nitrogens with one attached hydrogen (secondary N) is 2. The molecule has 0 radical (unpaired) electrons. The number of H-pyrrole nitrogens is 1. The summed E-state index contributed by atoms with van der Waals surface area (Å²) in [6.07, 6.45) is -20.3. The first-order chi connectivity index (χ1) is 19.7. The largest absolute Gasteiger partial charge is 0.394 e. The molecule has 4 rings (SSSR count). The van der Waals surface area contributed by atoms with Crippen LogP contribution >= 0.6 is 0 Å². The molecule has 0 aliphatic carbocycles. The third-order valence-electron chi connectivity index (χ3n) is 7.52. The Hall–Kier alpha value is -2.37. The summed E-state index contributed by atoms with van der Waals surface area (Å²) in [5.74, 6) is -0.629. The van der Waals surface area contributed by atoms with Crippen LogP contribution < -0.4 is 22.3 Å². The number of rotatable bonds is 8. The third-order valence-corrected chi connectivity index (χ3v) is 7.52. The van der Waals surface area contributed by atoms with Gasteiger partial charge in [-0.25, -0.2) is 4.79 Å². The number of aromatic nitrogens is 2. The zero-order valence-corrected chi connectivity index (χ0v) is 22.2. The highest BCUT2D eigenvalue weighted by Crippen LogP contribution is 2.34. The molecular weight excluding hydrogens is 572 g/mol. The molecule has 1 aromatic rings. The fourth-order valence-corrected chi connectivity index (χ4v) is 5.22. The average molecular weight is 609 g/mol. The summed E-state index contributed by atoms with van der Waals surface area (Å²) in [7, 11) is 0. The van der Waals surface area contributed by atoms with E-state index in [-0.39, 0.29) is 0 Å². The molecule has 12 N–H and O–H groups in total. The van der Waals surface area contributed by atoms with Crippen molar-refractivity contribution in [2.45, 2.75) is 105 Å². The van der Waals surface area contributed by atoms with Gasteiger partial charge in [0.05, 0.1) is 24.9 Å². The van der Waals surface area contributed by atoms with E-state index in [0.717, 1.165) is 23.8 Å². The summed E-state index contributed by atoms with van der Waals surface area (Å²) < 4.78 is 23.2. The molecule has 3 aliphatic heterocycles. The van der Waals surface area contributed by atoms with Gasteiger partial charge >= 0.3 is 5.69 Å². The number of hydrogen-bond donors (Lipinski definition) is 11. The summed E-state index contributed by atoms with van der Waals surface area (Å²) in [5, 5.41) is 85.6. The molecule has 15 atom stereocenters. The van der Waals surface area contributed by atoms with Crippen LogP contribution in [-0.2, 0) is 23.7 Å². The second-order valence-electron chi connectivity index (χ2n) is 10.5. The number of amides is 1. The van der Waals surface area contributed by atoms with Crippen molar-refractivity contribution >= 4 is 5.91 Å². The molecule has 19 nitrogen and oxygen atoms in total. The molecule has 1 amide bonds. The van der Waals surface area contributed by atoms with Gasteiger partial charge in [-0.15, -0.1) is 0 Å². The van der Waals surface area contributed by atoms with Crippen molar-refractivity contribution in [2.75, 3.05) is 6.61 Å². The van der Waals surface area contributed by atoms with E-state index in [1.165, 1.54) is 0 Å². The minimum Gasteiger partial charge on any atom is -0.394 e. The first-order valence-corrected chi connectivity index (χ1v) is 13.1. The molecule has 1 aromatic heterocycles. The molecule has 42 heavy (non-hydrogen) atoms. The van der Waals surface area contributed by atoms with E-state index in [4.69, 9.17) is 24.7 Å². The molecule has 4 heterocycles. The van der Waals surface area contributed by atoms with Gasteiger partial charge in [0, 0.05) is 25.6 Å². The number of carbonyl (C=O) groups is 1. The number of hydrogen-bond acceptors (Lipinski definition) is 16. The Morgan fingerprint density at radius 1 is 1.00 bits per heavy atom. The van der Waals surface area contributed by atoms with E-state index in [1.54, 1.807) is 0 Å². The van der Waals surface area contributed by atoms with Gasteiger partial charge in [-0.1, -0.05) is 0 Å². The Balaban J connectivity index is 1.48. The Morgan fingerprint density at radius 3 is 2.26 bits per heavy atom. The number of ether oxygens (including phenoxy) is 4. The van der Waals surface area contributed by atoms with Crippen LogP contribution in [-0.4, -0.2) is 149 Å². The van der Waals surface area contributed by atoms with E-state index in [0.29, 0.717) is 0 Å². The van der Waals surface area contributed by atoms with Crippen molar-refractivity contribution in [3.63, 3.8) is 0 Å². The van der Waals surface area contributed by atoms with E-state index >= 15 is 0 Å². The maximum atomic E-state index is 12.1. The SMILES string of the molecule is CC(=O)NC1C(O)C(O)[C@H](CO)O[C@@H]1O[C@@H]1O[C@H](C[C@@H](O)C2O[C@@H](n3ccc(=O)[nH]c3=O)[C@H](O)[C@@H]2O)C(O)C(O)C1N. The second kappa shape index (κ2) is 13.1. The Kier molecular flexibility index (Phi) is 10.1. The molecular formula is C23H36N4O15. The van der Waals surface area contributed by atoms with Crippen LogP contribution in [0.4, 0.5) is 0 Å². The topological polar surface area (TPSA) is 309 Å². The molecule has 3 saturated heterocycles. The Morgan fingerprint density at radius 2 is 1.64 bits per heavy atom. The van der Waals surface area contributed by atoms with Gasteiger partial charge in [0.15, 0.2) is 18.8 Å². The van der Waals surface area contributed by atoms with E-state index < -0.39 is 122 Å². The standard InChI is InChI=1S/C23H36N4O15/c1-6(29)25-12-16(35)14(33)9(5-28)40-22(12)42-21-11(24)15(34)13(32)8(39-21)4-7(30)19-17(36)18(37)20(41-19)27-3-2-10(31)26-23(27)38/h2-3,7-9,11-22,28,30,32-37H,4-5,24H2,1H3,(H,25,29)(H,26,31,38)/t7-,8-,9+,11?,12?,13?,14?,15?,16?,17+,18-,19?,20-,21+,22-/m1/s1. The number of nitrogens with zero attached hydrogens (tertiary/aromatic N) is 1. The minimum atomic E-state index is -1.74. The van der Waals surface area contributed by atoms with Crippen LogP contribution in [0, 0.1) is 0 Å². The van der Waals surface area contributed by atoms with E-state index in [9.17, 15) is 55.2 Å². The lowest BCUT2D eigenvalue weighted by Gasteiger charge is -2.46.